The summed E-state index contributed by atoms with van der Waals surface area (Å²) in [4.78, 5) is 22.9. The lowest BCUT2D eigenvalue weighted by atomic mass is 10.2. The lowest BCUT2D eigenvalue weighted by molar-refractivity contribution is -0.384. The van der Waals surface area contributed by atoms with Gasteiger partial charge in [-0.15, -0.1) is 5.10 Å². The molecular formula is C11H10N6O3. The van der Waals surface area contributed by atoms with Crippen molar-refractivity contribution in [3.8, 4) is 0 Å². The molecule has 0 aliphatic carbocycles. The zero-order valence-electron chi connectivity index (χ0n) is 10.4. The van der Waals surface area contributed by atoms with E-state index in [2.05, 4.69) is 20.7 Å². The van der Waals surface area contributed by atoms with Crippen LogP contribution in [0.15, 0.2) is 30.3 Å². The molecule has 2 rings (SSSR count). The molecule has 0 spiro atoms. The molecular weight excluding hydrogens is 264 g/mol. The number of carbonyl (C=O) groups is 1. The molecule has 0 aliphatic rings. The summed E-state index contributed by atoms with van der Waals surface area (Å²) >= 11 is 0. The number of nitrogens with one attached hydrogen (secondary N) is 1. The molecule has 9 nitrogen and oxygen atoms in total. The largest absolute Gasteiger partial charge is 0.288 e. The summed E-state index contributed by atoms with van der Waals surface area (Å²) in [6.45, 7) is 0. The number of aryl methyl sites for hydroxylation is 1. The van der Waals surface area contributed by atoms with Gasteiger partial charge in [0.2, 0.25) is 0 Å². The van der Waals surface area contributed by atoms with Gasteiger partial charge in [-0.25, -0.2) is 0 Å². The van der Waals surface area contributed by atoms with Gasteiger partial charge >= 0.3 is 0 Å². The number of tetrazole rings is 1. The second kappa shape index (κ2) is 5.69. The zero-order chi connectivity index (χ0) is 14.5. The van der Waals surface area contributed by atoms with Crippen LogP contribution in [-0.4, -0.2) is 31.0 Å². The first kappa shape index (κ1) is 13.3. The zero-order valence-corrected chi connectivity index (χ0v) is 10.4. The van der Waals surface area contributed by atoms with E-state index in [-0.39, 0.29) is 11.6 Å². The Morgan fingerprint density at radius 3 is 2.95 bits per heavy atom. The Balaban J connectivity index is 2.03. The maximum Gasteiger partial charge on any atom is 0.270 e. The van der Waals surface area contributed by atoms with Gasteiger partial charge in [-0.3, -0.25) is 20.2 Å². The average molecular weight is 274 g/mol. The number of nitrogens with zero attached hydrogens (tertiary/aromatic N) is 5. The van der Waals surface area contributed by atoms with Crippen molar-refractivity contribution in [3.05, 3.63) is 46.0 Å². The molecule has 0 radical (unpaired) electrons. The standard InChI is InChI=1S/C11H10N6O3/c1-16-14-11(13-15-16)12-10(18)6-5-8-3-2-4-9(7-8)17(19)20/h2-7H,1H3,(H,12,14,18). The van der Waals surface area contributed by atoms with Crippen molar-refractivity contribution in [2.24, 2.45) is 7.05 Å². The Hall–Kier alpha value is -3.10. The van der Waals surface area contributed by atoms with Crippen LogP contribution < -0.4 is 5.32 Å². The minimum Gasteiger partial charge on any atom is -0.288 e. The van der Waals surface area contributed by atoms with Crippen molar-refractivity contribution in [3.63, 3.8) is 0 Å². The number of hydrogen-bond acceptors (Lipinski definition) is 6. The van der Waals surface area contributed by atoms with Crippen molar-refractivity contribution in [2.45, 2.75) is 0 Å². The molecule has 2 aromatic rings. The molecule has 1 amide bonds. The van der Waals surface area contributed by atoms with E-state index in [0.717, 1.165) is 0 Å². The molecule has 1 N–H and O–H groups in total. The van der Waals surface area contributed by atoms with Crippen molar-refractivity contribution in [1.82, 2.24) is 20.2 Å². The van der Waals surface area contributed by atoms with Crippen LogP contribution >= 0.6 is 0 Å². The van der Waals surface area contributed by atoms with E-state index in [1.54, 1.807) is 19.2 Å². The summed E-state index contributed by atoms with van der Waals surface area (Å²) in [5, 5.41) is 24.0. The van der Waals surface area contributed by atoms with E-state index < -0.39 is 10.8 Å². The molecule has 0 unspecified atom stereocenters. The number of aromatic nitrogens is 4. The topological polar surface area (TPSA) is 116 Å². The lowest BCUT2D eigenvalue weighted by Crippen LogP contribution is -2.09. The predicted molar refractivity (Wildman–Crippen MR) is 69.6 cm³/mol. The number of anilines is 1. The average Bonchev–Trinajstić information content (AvgIpc) is 2.82. The first-order valence-corrected chi connectivity index (χ1v) is 5.52. The fourth-order valence-corrected chi connectivity index (χ4v) is 1.40. The lowest BCUT2D eigenvalue weighted by Gasteiger charge is -1.95. The third-order valence-electron chi connectivity index (χ3n) is 2.25. The third-order valence-corrected chi connectivity index (χ3v) is 2.25. The summed E-state index contributed by atoms with van der Waals surface area (Å²) in [5.41, 5.74) is 0.504. The van der Waals surface area contributed by atoms with E-state index >= 15 is 0 Å². The van der Waals surface area contributed by atoms with Crippen molar-refractivity contribution in [1.29, 1.82) is 0 Å². The van der Waals surface area contributed by atoms with Crippen LogP contribution in [0, 0.1) is 10.1 Å². The Morgan fingerprint density at radius 2 is 2.30 bits per heavy atom. The monoisotopic (exact) mass is 274 g/mol. The van der Waals surface area contributed by atoms with Crippen LogP contribution in [0.5, 0.6) is 0 Å². The summed E-state index contributed by atoms with van der Waals surface area (Å²) in [7, 11) is 1.57. The summed E-state index contributed by atoms with van der Waals surface area (Å²) in [5.74, 6) is -0.370. The van der Waals surface area contributed by atoms with Gasteiger partial charge < -0.3 is 0 Å². The van der Waals surface area contributed by atoms with Gasteiger partial charge in [-0.05, 0) is 16.9 Å². The second-order valence-corrected chi connectivity index (χ2v) is 3.78. The quantitative estimate of drug-likeness (QED) is 0.500. The van der Waals surface area contributed by atoms with E-state index in [1.165, 1.54) is 29.1 Å². The fraction of sp³-hybridized carbons (Fsp3) is 0.0909. The molecule has 0 saturated heterocycles. The van der Waals surface area contributed by atoms with Crippen molar-refractivity contribution >= 4 is 23.6 Å². The Kier molecular flexibility index (Phi) is 3.80. The van der Waals surface area contributed by atoms with Gasteiger partial charge in [0.25, 0.3) is 17.5 Å². The highest BCUT2D eigenvalue weighted by atomic mass is 16.6. The van der Waals surface area contributed by atoms with Gasteiger partial charge in [-0.2, -0.15) is 4.80 Å². The molecule has 1 aromatic carbocycles. The second-order valence-electron chi connectivity index (χ2n) is 3.78. The molecule has 20 heavy (non-hydrogen) atoms. The summed E-state index contributed by atoms with van der Waals surface area (Å²) in [6, 6.07) is 5.93. The number of nitro benzene ring substituents is 1. The Morgan fingerprint density at radius 1 is 1.50 bits per heavy atom. The fourth-order valence-electron chi connectivity index (χ4n) is 1.40. The number of amides is 1. The van der Waals surface area contributed by atoms with Crippen LogP contribution in [0.4, 0.5) is 11.6 Å². The highest BCUT2D eigenvalue weighted by Crippen LogP contribution is 2.14. The molecule has 0 fully saturated rings. The summed E-state index contributed by atoms with van der Waals surface area (Å²) in [6.07, 6.45) is 2.69. The molecule has 9 heteroatoms. The maximum absolute atomic E-state index is 11.6. The van der Waals surface area contributed by atoms with E-state index in [9.17, 15) is 14.9 Å². The van der Waals surface area contributed by atoms with Crippen LogP contribution in [0.1, 0.15) is 5.56 Å². The number of benzene rings is 1. The van der Waals surface area contributed by atoms with Crippen LogP contribution in [-0.2, 0) is 11.8 Å². The first-order chi connectivity index (χ1) is 9.54. The van der Waals surface area contributed by atoms with Crippen LogP contribution in [0.25, 0.3) is 6.08 Å². The third kappa shape index (κ3) is 3.45. The number of nitro groups is 1. The molecule has 0 aliphatic heterocycles. The number of carbonyl (C=O) groups excluding carboxylic acids is 1. The van der Waals surface area contributed by atoms with E-state index in [1.807, 2.05) is 0 Å². The SMILES string of the molecule is Cn1nnc(NC(=O)C=Cc2cccc([N+](=O)[O-])c2)n1. The molecule has 1 aromatic heterocycles. The molecule has 0 bridgehead atoms. The number of non-ortho nitro benzene ring substituents is 1. The van der Waals surface area contributed by atoms with Gasteiger partial charge in [0.15, 0.2) is 0 Å². The van der Waals surface area contributed by atoms with Gasteiger partial charge in [-0.1, -0.05) is 17.2 Å². The molecule has 1 heterocycles. The Labute approximate surface area is 113 Å². The predicted octanol–water partition coefficient (Wildman–Crippen LogP) is 0.770. The molecule has 0 saturated carbocycles. The first-order valence-electron chi connectivity index (χ1n) is 5.52. The van der Waals surface area contributed by atoms with Gasteiger partial charge in [0, 0.05) is 18.2 Å². The minimum absolute atomic E-state index is 0.0387. The normalized spacial score (nSPS) is 10.7. The molecule has 0 atom stereocenters. The highest BCUT2D eigenvalue weighted by Gasteiger charge is 2.05. The highest BCUT2D eigenvalue weighted by molar-refractivity contribution is 6.00. The van der Waals surface area contributed by atoms with Gasteiger partial charge in [0.05, 0.1) is 12.0 Å². The van der Waals surface area contributed by atoms with Crippen molar-refractivity contribution < 1.29 is 9.72 Å². The molecule has 102 valence electrons. The van der Waals surface area contributed by atoms with E-state index in [0.29, 0.717) is 5.56 Å². The number of hydrogen-bond donors (Lipinski definition) is 1. The number of rotatable bonds is 4. The minimum atomic E-state index is -0.499. The smallest absolute Gasteiger partial charge is 0.270 e. The van der Waals surface area contributed by atoms with E-state index in [4.69, 9.17) is 0 Å². The van der Waals surface area contributed by atoms with Crippen LogP contribution in [0.2, 0.25) is 0 Å². The maximum atomic E-state index is 11.6. The van der Waals surface area contributed by atoms with Crippen molar-refractivity contribution in [2.75, 3.05) is 5.32 Å². The van der Waals surface area contributed by atoms with Gasteiger partial charge in [0.1, 0.15) is 0 Å². The van der Waals surface area contributed by atoms with Crippen LogP contribution in [0.3, 0.4) is 0 Å². The Bertz CT molecular complexity index is 678. The summed E-state index contributed by atoms with van der Waals surface area (Å²) < 4.78 is 0.